The van der Waals surface area contributed by atoms with Crippen LogP contribution in [0, 0.1) is 5.41 Å². The molecular weight excluding hydrogens is 254 g/mol. The first-order valence-electron chi connectivity index (χ1n) is 5.43. The highest BCUT2D eigenvalue weighted by Gasteiger charge is 2.13. The first-order chi connectivity index (χ1) is 8.49. The summed E-state index contributed by atoms with van der Waals surface area (Å²) in [6.07, 6.45) is 2.35. The predicted molar refractivity (Wildman–Crippen MR) is 71.7 cm³/mol. The summed E-state index contributed by atoms with van der Waals surface area (Å²) in [5.74, 6) is 0.915. The van der Waals surface area contributed by atoms with E-state index in [1.54, 1.807) is 6.07 Å². The number of aromatic hydroxyl groups is 1. The Morgan fingerprint density at radius 3 is 2.61 bits per heavy atom. The van der Waals surface area contributed by atoms with Gasteiger partial charge in [-0.1, -0.05) is 25.4 Å². The van der Waals surface area contributed by atoms with Crippen LogP contribution < -0.4 is 4.74 Å². The van der Waals surface area contributed by atoms with Crippen LogP contribution in [-0.2, 0) is 4.74 Å². The van der Waals surface area contributed by atoms with Gasteiger partial charge in [-0.3, -0.25) is 0 Å². The standard InChI is InChI=1S/C13H16ClNO3/c1-8(2)10-4-12(16)11(14)5-13(10)18-9(6-15)7-17-3/h4-8,15-16H,1-3H3/b9-7+,15-6?. The van der Waals surface area contributed by atoms with E-state index in [1.165, 1.54) is 19.4 Å². The zero-order chi connectivity index (χ0) is 13.7. The lowest BCUT2D eigenvalue weighted by Crippen LogP contribution is -2.01. The lowest BCUT2D eigenvalue weighted by atomic mass is 10.0. The Labute approximate surface area is 111 Å². The van der Waals surface area contributed by atoms with Crippen LogP contribution in [0.25, 0.3) is 0 Å². The molecule has 1 rings (SSSR count). The molecule has 0 spiro atoms. The van der Waals surface area contributed by atoms with Crippen LogP contribution in [-0.4, -0.2) is 18.4 Å². The molecule has 0 saturated carbocycles. The molecule has 0 aliphatic rings. The fourth-order valence-electron chi connectivity index (χ4n) is 1.43. The normalized spacial score (nSPS) is 11.5. The number of benzene rings is 1. The lowest BCUT2D eigenvalue weighted by Gasteiger charge is -2.15. The summed E-state index contributed by atoms with van der Waals surface area (Å²) in [5, 5.41) is 17.0. The third-order valence-corrected chi connectivity index (χ3v) is 2.61. The van der Waals surface area contributed by atoms with E-state index < -0.39 is 0 Å². The van der Waals surface area contributed by atoms with Crippen LogP contribution in [0.3, 0.4) is 0 Å². The molecule has 4 nitrogen and oxygen atoms in total. The first kappa shape index (κ1) is 14.4. The topological polar surface area (TPSA) is 62.5 Å². The summed E-state index contributed by atoms with van der Waals surface area (Å²) >= 11 is 5.86. The fraction of sp³-hybridized carbons (Fsp3) is 0.308. The Balaban J connectivity index is 3.18. The van der Waals surface area contributed by atoms with Crippen molar-refractivity contribution < 1.29 is 14.6 Å². The van der Waals surface area contributed by atoms with Crippen LogP contribution in [0.2, 0.25) is 5.02 Å². The molecule has 0 radical (unpaired) electrons. The minimum absolute atomic E-state index is 0.0137. The average Bonchev–Trinajstić information content (AvgIpc) is 2.32. The smallest absolute Gasteiger partial charge is 0.179 e. The number of phenols is 1. The van der Waals surface area contributed by atoms with Crippen molar-refractivity contribution in [3.63, 3.8) is 0 Å². The zero-order valence-corrected chi connectivity index (χ0v) is 11.3. The summed E-state index contributed by atoms with van der Waals surface area (Å²) in [7, 11) is 1.47. The van der Waals surface area contributed by atoms with Crippen molar-refractivity contribution in [1.29, 1.82) is 5.41 Å². The number of halogens is 1. The second-order valence-corrected chi connectivity index (χ2v) is 4.41. The SMILES string of the molecule is CO/C=C(\C=N)Oc1cc(Cl)c(O)cc1C(C)C. The summed E-state index contributed by atoms with van der Waals surface area (Å²) in [6, 6.07) is 3.09. The van der Waals surface area contributed by atoms with Crippen molar-refractivity contribution in [3.8, 4) is 11.5 Å². The van der Waals surface area contributed by atoms with Gasteiger partial charge in [-0.25, -0.2) is 0 Å². The molecule has 2 N–H and O–H groups in total. The van der Waals surface area contributed by atoms with E-state index in [0.717, 1.165) is 11.8 Å². The number of hydrogen-bond acceptors (Lipinski definition) is 4. The zero-order valence-electron chi connectivity index (χ0n) is 10.5. The molecule has 98 valence electrons. The molecule has 5 heteroatoms. The number of phenolic OH excluding ortho intramolecular Hbond substituents is 1. The molecule has 1 aromatic carbocycles. The minimum atomic E-state index is 0.0137. The Hall–Kier alpha value is -1.68. The van der Waals surface area contributed by atoms with E-state index in [2.05, 4.69) is 0 Å². The predicted octanol–water partition coefficient (Wildman–Crippen LogP) is 3.69. The maximum Gasteiger partial charge on any atom is 0.179 e. The average molecular weight is 270 g/mol. The van der Waals surface area contributed by atoms with Crippen molar-refractivity contribution in [1.82, 2.24) is 0 Å². The second kappa shape index (κ2) is 6.31. The molecule has 0 aliphatic carbocycles. The summed E-state index contributed by atoms with van der Waals surface area (Å²) in [5.41, 5.74) is 0.806. The molecule has 0 aromatic heterocycles. The van der Waals surface area contributed by atoms with E-state index >= 15 is 0 Å². The maximum atomic E-state index is 9.60. The van der Waals surface area contributed by atoms with Gasteiger partial charge in [0, 0.05) is 11.6 Å². The second-order valence-electron chi connectivity index (χ2n) is 4.00. The van der Waals surface area contributed by atoms with Gasteiger partial charge < -0.3 is 20.0 Å². The molecule has 0 atom stereocenters. The number of methoxy groups -OCH3 is 1. The Morgan fingerprint density at radius 2 is 2.11 bits per heavy atom. The van der Waals surface area contributed by atoms with Gasteiger partial charge in [0.15, 0.2) is 5.76 Å². The number of rotatable bonds is 5. The van der Waals surface area contributed by atoms with E-state index in [9.17, 15) is 5.11 Å². The van der Waals surface area contributed by atoms with Crippen molar-refractivity contribution >= 4 is 17.8 Å². The van der Waals surface area contributed by atoms with E-state index in [0.29, 0.717) is 5.75 Å². The molecule has 0 unspecified atom stereocenters. The fourth-order valence-corrected chi connectivity index (χ4v) is 1.58. The van der Waals surface area contributed by atoms with Crippen molar-refractivity contribution in [2.75, 3.05) is 7.11 Å². The summed E-state index contributed by atoms with van der Waals surface area (Å²) < 4.78 is 10.3. The van der Waals surface area contributed by atoms with Crippen LogP contribution in [0.15, 0.2) is 24.2 Å². The minimum Gasteiger partial charge on any atom is -0.506 e. The molecule has 0 bridgehead atoms. The number of nitrogens with one attached hydrogen (secondary N) is 1. The monoisotopic (exact) mass is 269 g/mol. The molecule has 0 fully saturated rings. The molecule has 1 aromatic rings. The Kier molecular flexibility index (Phi) is 5.04. The molecule has 0 saturated heterocycles. The van der Waals surface area contributed by atoms with Crippen molar-refractivity contribution in [2.45, 2.75) is 19.8 Å². The Bertz CT molecular complexity index is 470. The number of ether oxygens (including phenoxy) is 2. The van der Waals surface area contributed by atoms with Gasteiger partial charge in [-0.05, 0) is 12.0 Å². The highest BCUT2D eigenvalue weighted by atomic mass is 35.5. The van der Waals surface area contributed by atoms with Gasteiger partial charge in [0.25, 0.3) is 0 Å². The van der Waals surface area contributed by atoms with Gasteiger partial charge in [-0.2, -0.15) is 0 Å². The largest absolute Gasteiger partial charge is 0.506 e. The van der Waals surface area contributed by atoms with Gasteiger partial charge >= 0.3 is 0 Å². The van der Waals surface area contributed by atoms with Gasteiger partial charge in [0.2, 0.25) is 0 Å². The van der Waals surface area contributed by atoms with E-state index in [1.807, 2.05) is 13.8 Å². The first-order valence-corrected chi connectivity index (χ1v) is 5.81. The van der Waals surface area contributed by atoms with Crippen LogP contribution >= 0.6 is 11.6 Å². The third-order valence-electron chi connectivity index (χ3n) is 2.31. The van der Waals surface area contributed by atoms with Crippen molar-refractivity contribution in [3.05, 3.63) is 34.7 Å². The maximum absolute atomic E-state index is 9.60. The molecular formula is C13H16ClNO3. The van der Waals surface area contributed by atoms with Crippen LogP contribution in [0.5, 0.6) is 11.5 Å². The van der Waals surface area contributed by atoms with Crippen LogP contribution in [0.4, 0.5) is 0 Å². The molecule has 18 heavy (non-hydrogen) atoms. The van der Waals surface area contributed by atoms with Gasteiger partial charge in [0.1, 0.15) is 17.8 Å². The van der Waals surface area contributed by atoms with Crippen LogP contribution in [0.1, 0.15) is 25.3 Å². The molecule has 0 amide bonds. The molecule has 0 aliphatic heterocycles. The highest BCUT2D eigenvalue weighted by molar-refractivity contribution is 6.32. The van der Waals surface area contributed by atoms with E-state index in [4.69, 9.17) is 26.5 Å². The summed E-state index contributed by atoms with van der Waals surface area (Å²) in [4.78, 5) is 0. The lowest BCUT2D eigenvalue weighted by molar-refractivity contribution is 0.312. The van der Waals surface area contributed by atoms with E-state index in [-0.39, 0.29) is 22.4 Å². The number of allylic oxidation sites excluding steroid dienone is 1. The van der Waals surface area contributed by atoms with Crippen molar-refractivity contribution in [2.24, 2.45) is 0 Å². The number of hydrogen-bond donors (Lipinski definition) is 2. The summed E-state index contributed by atoms with van der Waals surface area (Å²) in [6.45, 7) is 3.94. The highest BCUT2D eigenvalue weighted by Crippen LogP contribution is 2.36. The quantitative estimate of drug-likeness (QED) is 0.633. The Morgan fingerprint density at radius 1 is 1.44 bits per heavy atom. The van der Waals surface area contributed by atoms with Gasteiger partial charge in [-0.15, -0.1) is 0 Å². The molecule has 0 heterocycles. The van der Waals surface area contributed by atoms with Gasteiger partial charge in [0.05, 0.1) is 18.3 Å². The third kappa shape index (κ3) is 3.40.